The molecule has 4 aromatic rings. The monoisotopic (exact) mass is 398 g/mol. The normalized spacial score (nSPS) is 10.9. The lowest BCUT2D eigenvalue weighted by Gasteiger charge is -2.15. The Labute approximate surface area is 174 Å². The first-order chi connectivity index (χ1) is 14.5. The number of anilines is 1. The maximum atomic E-state index is 12.2. The van der Waals surface area contributed by atoms with Crippen molar-refractivity contribution in [1.82, 2.24) is 14.5 Å². The number of hydrogen-bond donors (Lipinski definition) is 1. The van der Waals surface area contributed by atoms with Crippen LogP contribution in [0.5, 0.6) is 11.6 Å². The second-order valence-electron chi connectivity index (χ2n) is 7.15. The van der Waals surface area contributed by atoms with Crippen LogP contribution in [0, 0.1) is 0 Å². The van der Waals surface area contributed by atoms with Crippen molar-refractivity contribution in [2.75, 3.05) is 5.73 Å². The summed E-state index contributed by atoms with van der Waals surface area (Å²) in [5.74, 6) is 1.03. The van der Waals surface area contributed by atoms with Crippen molar-refractivity contribution in [3.63, 3.8) is 0 Å². The number of nitrogens with two attached hydrogens (primary N) is 1. The van der Waals surface area contributed by atoms with Crippen LogP contribution in [-0.2, 0) is 0 Å². The third-order valence-corrected chi connectivity index (χ3v) is 4.66. The van der Waals surface area contributed by atoms with Gasteiger partial charge >= 0.3 is 0 Å². The number of ether oxygens (including phenoxy) is 1. The number of benzene rings is 2. The van der Waals surface area contributed by atoms with E-state index in [4.69, 9.17) is 15.5 Å². The van der Waals surface area contributed by atoms with E-state index in [1.165, 1.54) is 0 Å². The Morgan fingerprint density at radius 3 is 2.13 bits per heavy atom. The van der Waals surface area contributed by atoms with E-state index in [0.29, 0.717) is 17.1 Å². The van der Waals surface area contributed by atoms with Gasteiger partial charge in [-0.2, -0.15) is 0 Å². The number of nitrogen functional groups attached to an aromatic ring is 1. The zero-order chi connectivity index (χ0) is 21.1. The molecule has 0 saturated carbocycles. The fraction of sp³-hybridized carbons (Fsp3) is 0.125. The van der Waals surface area contributed by atoms with E-state index in [2.05, 4.69) is 4.98 Å². The first kappa shape index (κ1) is 19.4. The SMILES string of the molecule is CC(C)n1cc(-c2nc(Oc3ccccc3)c(N)nc2-c2ccccc2)ccc1=O. The van der Waals surface area contributed by atoms with Crippen molar-refractivity contribution in [2.24, 2.45) is 0 Å². The molecule has 6 heteroatoms. The van der Waals surface area contributed by atoms with Crippen LogP contribution in [0.3, 0.4) is 0 Å². The third-order valence-electron chi connectivity index (χ3n) is 4.66. The molecule has 0 bridgehead atoms. The van der Waals surface area contributed by atoms with E-state index in [1.54, 1.807) is 22.9 Å². The number of rotatable bonds is 5. The summed E-state index contributed by atoms with van der Waals surface area (Å²) in [6, 6.07) is 22.3. The summed E-state index contributed by atoms with van der Waals surface area (Å²) < 4.78 is 7.56. The first-order valence-electron chi connectivity index (χ1n) is 9.71. The van der Waals surface area contributed by atoms with Gasteiger partial charge in [0, 0.05) is 29.4 Å². The van der Waals surface area contributed by atoms with Crippen LogP contribution in [0.1, 0.15) is 19.9 Å². The van der Waals surface area contributed by atoms with Crippen molar-refractivity contribution < 1.29 is 4.74 Å². The highest BCUT2D eigenvalue weighted by Crippen LogP contribution is 2.34. The van der Waals surface area contributed by atoms with Gasteiger partial charge in [0.05, 0.1) is 5.69 Å². The zero-order valence-corrected chi connectivity index (χ0v) is 16.8. The predicted octanol–water partition coefficient (Wildman–Crippen LogP) is 4.93. The molecule has 0 atom stereocenters. The number of pyridine rings is 1. The van der Waals surface area contributed by atoms with E-state index < -0.39 is 0 Å². The molecule has 30 heavy (non-hydrogen) atoms. The van der Waals surface area contributed by atoms with Crippen molar-refractivity contribution in [1.29, 1.82) is 0 Å². The van der Waals surface area contributed by atoms with Gasteiger partial charge in [0.1, 0.15) is 11.4 Å². The first-order valence-corrected chi connectivity index (χ1v) is 9.71. The Bertz CT molecular complexity index is 1220. The maximum Gasteiger partial charge on any atom is 0.263 e. The Morgan fingerprint density at radius 1 is 0.833 bits per heavy atom. The van der Waals surface area contributed by atoms with Crippen molar-refractivity contribution in [3.8, 4) is 34.1 Å². The smallest absolute Gasteiger partial charge is 0.263 e. The van der Waals surface area contributed by atoms with E-state index in [1.807, 2.05) is 74.5 Å². The van der Waals surface area contributed by atoms with Gasteiger partial charge in [-0.25, -0.2) is 9.97 Å². The quantitative estimate of drug-likeness (QED) is 0.515. The molecule has 0 aliphatic carbocycles. The van der Waals surface area contributed by atoms with Crippen LogP contribution in [0.25, 0.3) is 22.5 Å². The van der Waals surface area contributed by atoms with Crippen molar-refractivity contribution >= 4 is 5.82 Å². The number of hydrogen-bond acceptors (Lipinski definition) is 5. The molecule has 0 spiro atoms. The van der Waals surface area contributed by atoms with Crippen LogP contribution in [0.15, 0.2) is 83.8 Å². The highest BCUT2D eigenvalue weighted by atomic mass is 16.5. The number of aromatic nitrogens is 3. The van der Waals surface area contributed by atoms with Gasteiger partial charge < -0.3 is 15.0 Å². The molecule has 0 amide bonds. The van der Waals surface area contributed by atoms with Gasteiger partial charge in [-0.05, 0) is 32.0 Å². The Kier molecular flexibility index (Phi) is 5.30. The van der Waals surface area contributed by atoms with Gasteiger partial charge in [-0.1, -0.05) is 48.5 Å². The second-order valence-corrected chi connectivity index (χ2v) is 7.15. The Morgan fingerprint density at radius 2 is 1.47 bits per heavy atom. The summed E-state index contributed by atoms with van der Waals surface area (Å²) in [7, 11) is 0. The summed E-state index contributed by atoms with van der Waals surface area (Å²) >= 11 is 0. The van der Waals surface area contributed by atoms with Gasteiger partial charge in [0.25, 0.3) is 11.4 Å². The van der Waals surface area contributed by atoms with Crippen molar-refractivity contribution in [3.05, 3.63) is 89.3 Å². The standard InChI is InChI=1S/C24H22N4O2/c1-16(2)28-15-18(13-14-20(28)29)22-21(17-9-5-3-6-10-17)26-23(25)24(27-22)30-19-11-7-4-8-12-19/h3-16H,1-2H3,(H2,25,26). The summed E-state index contributed by atoms with van der Waals surface area (Å²) in [5.41, 5.74) is 8.98. The number of nitrogens with zero attached hydrogens (tertiary/aromatic N) is 3. The minimum Gasteiger partial charge on any atom is -0.436 e. The Hall–Kier alpha value is -3.93. The average Bonchev–Trinajstić information content (AvgIpc) is 2.76. The van der Waals surface area contributed by atoms with E-state index in [0.717, 1.165) is 11.1 Å². The van der Waals surface area contributed by atoms with Gasteiger partial charge in [-0.15, -0.1) is 0 Å². The minimum absolute atomic E-state index is 0.0133. The molecule has 2 N–H and O–H groups in total. The van der Waals surface area contributed by atoms with Crippen LogP contribution >= 0.6 is 0 Å². The lowest BCUT2D eigenvalue weighted by atomic mass is 10.1. The van der Waals surface area contributed by atoms with E-state index >= 15 is 0 Å². The third kappa shape index (κ3) is 3.93. The van der Waals surface area contributed by atoms with Gasteiger partial charge in [0.2, 0.25) is 0 Å². The minimum atomic E-state index is -0.0702. The summed E-state index contributed by atoms with van der Waals surface area (Å²) in [4.78, 5) is 21.6. The fourth-order valence-corrected chi connectivity index (χ4v) is 3.15. The summed E-state index contributed by atoms with van der Waals surface area (Å²) in [5, 5.41) is 0. The van der Waals surface area contributed by atoms with Crippen LogP contribution in [0.4, 0.5) is 5.82 Å². The fourth-order valence-electron chi connectivity index (χ4n) is 3.15. The molecule has 6 nitrogen and oxygen atoms in total. The lowest BCUT2D eigenvalue weighted by molar-refractivity contribution is 0.464. The molecule has 2 heterocycles. The lowest BCUT2D eigenvalue weighted by Crippen LogP contribution is -2.20. The topological polar surface area (TPSA) is 83.0 Å². The van der Waals surface area contributed by atoms with E-state index in [9.17, 15) is 4.79 Å². The second kappa shape index (κ2) is 8.21. The van der Waals surface area contributed by atoms with E-state index in [-0.39, 0.29) is 23.3 Å². The molecule has 0 unspecified atom stereocenters. The molecule has 4 rings (SSSR count). The van der Waals surface area contributed by atoms with Crippen LogP contribution in [-0.4, -0.2) is 14.5 Å². The molecule has 0 radical (unpaired) electrons. The largest absolute Gasteiger partial charge is 0.436 e. The molecular formula is C24H22N4O2. The average molecular weight is 398 g/mol. The molecule has 0 aliphatic rings. The van der Waals surface area contributed by atoms with Gasteiger partial charge in [-0.3, -0.25) is 4.79 Å². The highest BCUT2D eigenvalue weighted by molar-refractivity contribution is 5.79. The molecule has 0 aliphatic heterocycles. The summed E-state index contributed by atoms with van der Waals surface area (Å²) in [6.07, 6.45) is 1.80. The molecule has 2 aromatic carbocycles. The molecular weight excluding hydrogens is 376 g/mol. The molecule has 0 saturated heterocycles. The molecule has 150 valence electrons. The highest BCUT2D eigenvalue weighted by Gasteiger charge is 2.18. The van der Waals surface area contributed by atoms with Gasteiger partial charge in [0.15, 0.2) is 5.82 Å². The maximum absolute atomic E-state index is 12.2. The van der Waals surface area contributed by atoms with Crippen LogP contribution in [0.2, 0.25) is 0 Å². The predicted molar refractivity (Wildman–Crippen MR) is 118 cm³/mol. The van der Waals surface area contributed by atoms with Crippen LogP contribution < -0.4 is 16.0 Å². The van der Waals surface area contributed by atoms with Crippen molar-refractivity contribution in [2.45, 2.75) is 19.9 Å². The molecule has 0 fully saturated rings. The Balaban J connectivity index is 1.91. The molecule has 2 aromatic heterocycles. The summed E-state index contributed by atoms with van der Waals surface area (Å²) in [6.45, 7) is 3.92. The zero-order valence-electron chi connectivity index (χ0n) is 16.8. The number of para-hydroxylation sites is 1.